The van der Waals surface area contributed by atoms with Crippen LogP contribution in [0.2, 0.25) is 0 Å². The van der Waals surface area contributed by atoms with E-state index in [0.29, 0.717) is 0 Å². The molecule has 0 saturated carbocycles. The molecular weight excluding hydrogens is 140 g/mol. The lowest BCUT2D eigenvalue weighted by Gasteiger charge is -2.05. The molecule has 0 aliphatic heterocycles. The molecule has 0 spiro atoms. The van der Waals surface area contributed by atoms with Gasteiger partial charge in [-0.3, -0.25) is 0 Å². The van der Waals surface area contributed by atoms with Crippen LogP contribution in [-0.2, 0) is 0 Å². The fraction of sp³-hybridized carbons (Fsp3) is 0.889. The molecule has 2 heteroatoms. The van der Waals surface area contributed by atoms with Crippen molar-refractivity contribution in [3.8, 4) is 0 Å². The highest BCUT2D eigenvalue weighted by atomic mass is 16.3. The van der Waals surface area contributed by atoms with Crippen molar-refractivity contribution in [2.75, 3.05) is 13.2 Å². The van der Waals surface area contributed by atoms with Crippen molar-refractivity contribution in [3.63, 3.8) is 0 Å². The van der Waals surface area contributed by atoms with E-state index >= 15 is 0 Å². The predicted octanol–water partition coefficient (Wildman–Crippen LogP) is 1.62. The van der Waals surface area contributed by atoms with Crippen LogP contribution in [0.15, 0.2) is 0 Å². The first kappa shape index (κ1) is 13.5. The molecule has 0 amide bonds. The molecule has 0 aliphatic rings. The molecule has 2 N–H and O–H groups in total. The zero-order chi connectivity index (χ0) is 9.33. The zero-order valence-corrected chi connectivity index (χ0v) is 7.93. The van der Waals surface area contributed by atoms with E-state index in [0.717, 1.165) is 12.8 Å². The van der Waals surface area contributed by atoms with E-state index < -0.39 is 0 Å². The van der Waals surface area contributed by atoms with Crippen LogP contribution in [0.4, 0.5) is 0 Å². The third-order valence-electron chi connectivity index (χ3n) is 0.566. The summed E-state index contributed by atoms with van der Waals surface area (Å²) in [6.45, 7) is 10.4. The molecule has 11 heavy (non-hydrogen) atoms. The molecule has 0 saturated heterocycles. The molecule has 0 fully saturated rings. The van der Waals surface area contributed by atoms with Crippen molar-refractivity contribution >= 4 is 0 Å². The van der Waals surface area contributed by atoms with Gasteiger partial charge in [-0.1, -0.05) is 20.8 Å². The molecule has 2 nitrogen and oxygen atoms in total. The Morgan fingerprint density at radius 1 is 1.00 bits per heavy atom. The summed E-state index contributed by atoms with van der Waals surface area (Å²) >= 11 is 0. The first-order chi connectivity index (χ1) is 4.91. The topological polar surface area (TPSA) is 40.5 Å². The van der Waals surface area contributed by atoms with E-state index in [2.05, 4.69) is 27.7 Å². The summed E-state index contributed by atoms with van der Waals surface area (Å²) in [5.74, 6) is 0. The highest BCUT2D eigenvalue weighted by Gasteiger charge is 1.95. The molecule has 1 radical (unpaired) electrons. The Morgan fingerprint density at radius 3 is 1.27 bits per heavy atom. The van der Waals surface area contributed by atoms with E-state index in [1.54, 1.807) is 0 Å². The first-order valence-electron chi connectivity index (χ1n) is 3.99. The molecule has 0 rings (SSSR count). The van der Waals surface area contributed by atoms with Crippen LogP contribution >= 0.6 is 0 Å². The number of hydrogen-bond acceptors (Lipinski definition) is 2. The highest BCUT2D eigenvalue weighted by Crippen LogP contribution is 2.07. The Balaban J connectivity index is 0. The molecule has 0 aliphatic carbocycles. The minimum Gasteiger partial charge on any atom is -0.396 e. The van der Waals surface area contributed by atoms with Crippen molar-refractivity contribution < 1.29 is 10.2 Å². The van der Waals surface area contributed by atoms with Crippen molar-refractivity contribution in [1.29, 1.82) is 0 Å². The number of hydrogen-bond donors (Lipinski definition) is 2. The standard InChI is InChI=1S/C5H11.C4H10O2/c1-5(2,3)4;5-3-1-2-4-6/h1H2,2-4H3;5-6H,1-4H2. The summed E-state index contributed by atoms with van der Waals surface area (Å²) in [5.41, 5.74) is 0.250. The highest BCUT2D eigenvalue weighted by molar-refractivity contribution is 4.60. The second kappa shape index (κ2) is 8.02. The van der Waals surface area contributed by atoms with E-state index in [9.17, 15) is 0 Å². The second-order valence-corrected chi connectivity index (χ2v) is 3.71. The molecule has 0 atom stereocenters. The van der Waals surface area contributed by atoms with Crippen LogP contribution in [0, 0.1) is 12.3 Å². The second-order valence-electron chi connectivity index (χ2n) is 3.71. The quantitative estimate of drug-likeness (QED) is 0.617. The monoisotopic (exact) mass is 161 g/mol. The Morgan fingerprint density at radius 2 is 1.18 bits per heavy atom. The molecule has 0 bridgehead atoms. The van der Waals surface area contributed by atoms with Gasteiger partial charge in [0, 0.05) is 13.2 Å². The van der Waals surface area contributed by atoms with Gasteiger partial charge in [0.05, 0.1) is 0 Å². The fourth-order valence-electron chi connectivity index (χ4n) is 0.224. The van der Waals surface area contributed by atoms with E-state index in [4.69, 9.17) is 10.2 Å². The summed E-state index contributed by atoms with van der Waals surface area (Å²) in [4.78, 5) is 0. The smallest absolute Gasteiger partial charge is 0.0431 e. The van der Waals surface area contributed by atoms with Crippen LogP contribution < -0.4 is 0 Å². The van der Waals surface area contributed by atoms with Gasteiger partial charge < -0.3 is 10.2 Å². The average Bonchev–Trinajstić information content (AvgIpc) is 1.79. The Kier molecular flexibility index (Phi) is 9.85. The van der Waals surface area contributed by atoms with Gasteiger partial charge in [0.1, 0.15) is 0 Å². The van der Waals surface area contributed by atoms with Crippen molar-refractivity contribution in [3.05, 3.63) is 6.92 Å². The van der Waals surface area contributed by atoms with E-state index in [1.807, 2.05) is 0 Å². The lowest BCUT2D eigenvalue weighted by Crippen LogP contribution is -1.94. The number of rotatable bonds is 3. The number of aliphatic hydroxyl groups excluding tert-OH is 2. The molecule has 0 unspecified atom stereocenters. The van der Waals surface area contributed by atoms with Gasteiger partial charge in [0.25, 0.3) is 0 Å². The SMILES string of the molecule is OCCCCO.[CH2]C(C)(C)C. The summed E-state index contributed by atoms with van der Waals surface area (Å²) in [6, 6.07) is 0. The van der Waals surface area contributed by atoms with Crippen LogP contribution in [0.25, 0.3) is 0 Å². The molecule has 69 valence electrons. The molecule has 0 aromatic carbocycles. The summed E-state index contributed by atoms with van der Waals surface area (Å²) < 4.78 is 0. The lowest BCUT2D eigenvalue weighted by molar-refractivity contribution is 0.242. The van der Waals surface area contributed by atoms with Gasteiger partial charge in [0.15, 0.2) is 0 Å². The molecular formula is C9H21O2. The molecule has 0 heterocycles. The molecule has 0 aromatic rings. The third kappa shape index (κ3) is 73.0. The van der Waals surface area contributed by atoms with Crippen molar-refractivity contribution in [1.82, 2.24) is 0 Å². The van der Waals surface area contributed by atoms with Gasteiger partial charge in [0.2, 0.25) is 0 Å². The van der Waals surface area contributed by atoms with Crippen LogP contribution in [0.5, 0.6) is 0 Å². The maximum absolute atomic E-state index is 8.09. The summed E-state index contributed by atoms with van der Waals surface area (Å²) in [7, 11) is 0. The third-order valence-corrected chi connectivity index (χ3v) is 0.566. The zero-order valence-electron chi connectivity index (χ0n) is 7.93. The van der Waals surface area contributed by atoms with Gasteiger partial charge in [-0.25, -0.2) is 0 Å². The Hall–Kier alpha value is -0.0800. The number of aliphatic hydroxyl groups is 2. The average molecular weight is 161 g/mol. The number of unbranched alkanes of at least 4 members (excludes halogenated alkanes) is 1. The first-order valence-corrected chi connectivity index (χ1v) is 3.99. The maximum Gasteiger partial charge on any atom is 0.0431 e. The Labute approximate surface area is 70.3 Å². The van der Waals surface area contributed by atoms with Crippen LogP contribution in [0.3, 0.4) is 0 Å². The van der Waals surface area contributed by atoms with Gasteiger partial charge in [-0.15, -0.1) is 0 Å². The van der Waals surface area contributed by atoms with E-state index in [1.165, 1.54) is 0 Å². The summed E-state index contributed by atoms with van der Waals surface area (Å²) in [6.07, 6.45) is 1.44. The molecule has 0 aromatic heterocycles. The van der Waals surface area contributed by atoms with Crippen LogP contribution in [0.1, 0.15) is 33.6 Å². The maximum atomic E-state index is 8.09. The van der Waals surface area contributed by atoms with Gasteiger partial charge in [-0.05, 0) is 25.2 Å². The lowest BCUT2D eigenvalue weighted by atomic mass is 10.0. The minimum atomic E-state index is 0.195. The van der Waals surface area contributed by atoms with Gasteiger partial charge >= 0.3 is 0 Å². The van der Waals surface area contributed by atoms with Crippen molar-refractivity contribution in [2.24, 2.45) is 5.41 Å². The largest absolute Gasteiger partial charge is 0.396 e. The fourth-order valence-corrected chi connectivity index (χ4v) is 0.224. The van der Waals surface area contributed by atoms with Crippen molar-refractivity contribution in [2.45, 2.75) is 33.6 Å². The normalized spacial score (nSPS) is 10.4. The minimum absolute atomic E-state index is 0.195. The van der Waals surface area contributed by atoms with Gasteiger partial charge in [-0.2, -0.15) is 0 Å². The summed E-state index contributed by atoms with van der Waals surface area (Å²) in [5, 5.41) is 16.2. The van der Waals surface area contributed by atoms with Crippen LogP contribution in [-0.4, -0.2) is 23.4 Å². The van der Waals surface area contributed by atoms with E-state index in [-0.39, 0.29) is 18.6 Å². The predicted molar refractivity (Wildman–Crippen MR) is 48.2 cm³/mol. The Bertz CT molecular complexity index is 54.5.